The molecular formula is C16H21N3OS. The quantitative estimate of drug-likeness (QED) is 0.854. The monoisotopic (exact) mass is 303 g/mol. The summed E-state index contributed by atoms with van der Waals surface area (Å²) in [6.07, 6.45) is 3.20. The summed E-state index contributed by atoms with van der Waals surface area (Å²) in [5.41, 5.74) is 1.76. The van der Waals surface area contributed by atoms with Gasteiger partial charge in [0.05, 0.1) is 5.56 Å². The lowest BCUT2D eigenvalue weighted by Crippen LogP contribution is -2.17. The number of rotatable bonds is 2. The van der Waals surface area contributed by atoms with Crippen molar-refractivity contribution < 1.29 is 4.79 Å². The van der Waals surface area contributed by atoms with Gasteiger partial charge in [-0.1, -0.05) is 20.8 Å². The Balaban J connectivity index is 2.54. The lowest BCUT2D eigenvalue weighted by molar-refractivity contribution is 0.0997. The number of carbonyl (C=O) groups is 1. The van der Waals surface area contributed by atoms with Crippen LogP contribution < -0.4 is 4.80 Å². The molecule has 0 unspecified atom stereocenters. The van der Waals surface area contributed by atoms with Crippen LogP contribution in [0.4, 0.5) is 0 Å². The van der Waals surface area contributed by atoms with E-state index in [2.05, 4.69) is 49.2 Å². The first-order valence-corrected chi connectivity index (χ1v) is 7.86. The fourth-order valence-electron chi connectivity index (χ4n) is 2.28. The second-order valence-corrected chi connectivity index (χ2v) is 6.93. The van der Waals surface area contributed by atoms with Gasteiger partial charge in [-0.05, 0) is 31.4 Å². The van der Waals surface area contributed by atoms with Gasteiger partial charge in [0.2, 0.25) is 0 Å². The second kappa shape index (κ2) is 5.93. The van der Waals surface area contributed by atoms with E-state index in [1.54, 1.807) is 35.9 Å². The molecule has 0 aromatic carbocycles. The number of hydrogen-bond acceptors (Lipinski definition) is 3. The van der Waals surface area contributed by atoms with Gasteiger partial charge in [0.25, 0.3) is 5.91 Å². The zero-order valence-corrected chi connectivity index (χ0v) is 14.0. The van der Waals surface area contributed by atoms with E-state index in [1.807, 2.05) is 0 Å². The standard InChI is InChI=1S/C16H21N3OS/c1-6-19-11(2)13(16(3,4)5)21-15(19)18-14(20)12-8-7-9-17-10-12/h7-10H,6H2,1-5H3. The van der Waals surface area contributed by atoms with E-state index in [0.717, 1.165) is 11.3 Å². The van der Waals surface area contributed by atoms with Crippen LogP contribution in [0.15, 0.2) is 29.5 Å². The summed E-state index contributed by atoms with van der Waals surface area (Å²) in [6, 6.07) is 3.48. The molecule has 0 atom stereocenters. The molecule has 0 radical (unpaired) electrons. The summed E-state index contributed by atoms with van der Waals surface area (Å²) < 4.78 is 2.10. The van der Waals surface area contributed by atoms with E-state index in [4.69, 9.17) is 0 Å². The topological polar surface area (TPSA) is 47.2 Å². The molecule has 0 aliphatic carbocycles. The van der Waals surface area contributed by atoms with Crippen molar-refractivity contribution in [2.24, 2.45) is 4.99 Å². The van der Waals surface area contributed by atoms with Crippen LogP contribution in [0, 0.1) is 6.92 Å². The zero-order chi connectivity index (χ0) is 15.6. The van der Waals surface area contributed by atoms with E-state index in [-0.39, 0.29) is 11.3 Å². The molecule has 1 amide bonds. The van der Waals surface area contributed by atoms with Crippen LogP contribution in [-0.2, 0) is 12.0 Å². The van der Waals surface area contributed by atoms with Crippen molar-refractivity contribution in [2.45, 2.75) is 46.6 Å². The first kappa shape index (κ1) is 15.6. The molecule has 0 spiro atoms. The van der Waals surface area contributed by atoms with Crippen LogP contribution in [0.2, 0.25) is 0 Å². The third-order valence-corrected chi connectivity index (χ3v) is 4.87. The smallest absolute Gasteiger partial charge is 0.281 e. The predicted molar refractivity (Wildman–Crippen MR) is 85.6 cm³/mol. The summed E-state index contributed by atoms with van der Waals surface area (Å²) in [7, 11) is 0. The first-order valence-electron chi connectivity index (χ1n) is 7.04. The van der Waals surface area contributed by atoms with Crippen molar-refractivity contribution in [3.05, 3.63) is 45.5 Å². The molecule has 112 valence electrons. The third-order valence-electron chi connectivity index (χ3n) is 3.26. The number of pyridine rings is 1. The highest BCUT2D eigenvalue weighted by molar-refractivity contribution is 7.09. The average molecular weight is 303 g/mol. The maximum atomic E-state index is 12.2. The van der Waals surface area contributed by atoms with Crippen molar-refractivity contribution in [3.63, 3.8) is 0 Å². The summed E-state index contributed by atoms with van der Waals surface area (Å²) in [6.45, 7) is 11.5. The average Bonchev–Trinajstić information content (AvgIpc) is 2.75. The first-order chi connectivity index (χ1) is 9.84. The Bertz CT molecular complexity index is 705. The number of amides is 1. The van der Waals surface area contributed by atoms with Gasteiger partial charge in [-0.25, -0.2) is 0 Å². The van der Waals surface area contributed by atoms with Crippen LogP contribution in [0.5, 0.6) is 0 Å². The van der Waals surface area contributed by atoms with E-state index in [0.29, 0.717) is 5.56 Å². The SMILES string of the molecule is CCn1c(C)c(C(C)(C)C)sc1=NC(=O)c1cccnc1. The molecule has 21 heavy (non-hydrogen) atoms. The second-order valence-electron chi connectivity index (χ2n) is 5.95. The molecule has 4 nitrogen and oxygen atoms in total. The molecule has 2 aromatic rings. The molecule has 2 aromatic heterocycles. The van der Waals surface area contributed by atoms with Gasteiger partial charge in [0.15, 0.2) is 4.80 Å². The third kappa shape index (κ3) is 3.29. The summed E-state index contributed by atoms with van der Waals surface area (Å²) in [5.74, 6) is -0.244. The molecule has 0 fully saturated rings. The van der Waals surface area contributed by atoms with Crippen LogP contribution in [0.3, 0.4) is 0 Å². The van der Waals surface area contributed by atoms with Crippen molar-refractivity contribution in [2.75, 3.05) is 0 Å². The lowest BCUT2D eigenvalue weighted by atomic mass is 9.93. The van der Waals surface area contributed by atoms with Crippen LogP contribution in [0.1, 0.15) is 48.6 Å². The van der Waals surface area contributed by atoms with Crippen molar-refractivity contribution in [3.8, 4) is 0 Å². The van der Waals surface area contributed by atoms with E-state index >= 15 is 0 Å². The highest BCUT2D eigenvalue weighted by Crippen LogP contribution is 2.28. The Hall–Kier alpha value is -1.75. The molecule has 2 rings (SSSR count). The van der Waals surface area contributed by atoms with Crippen LogP contribution >= 0.6 is 11.3 Å². The van der Waals surface area contributed by atoms with E-state index in [1.165, 1.54) is 10.6 Å². The van der Waals surface area contributed by atoms with E-state index in [9.17, 15) is 4.79 Å². The highest BCUT2D eigenvalue weighted by atomic mass is 32.1. The largest absolute Gasteiger partial charge is 0.321 e. The molecule has 0 saturated carbocycles. The number of aromatic nitrogens is 2. The Morgan fingerprint density at radius 1 is 1.43 bits per heavy atom. The molecule has 2 heterocycles. The molecular weight excluding hydrogens is 282 g/mol. The van der Waals surface area contributed by atoms with Gasteiger partial charge < -0.3 is 4.57 Å². The Kier molecular flexibility index (Phi) is 4.42. The minimum atomic E-state index is -0.244. The number of nitrogens with zero attached hydrogens (tertiary/aromatic N) is 3. The van der Waals surface area contributed by atoms with Gasteiger partial charge >= 0.3 is 0 Å². The minimum Gasteiger partial charge on any atom is -0.321 e. The van der Waals surface area contributed by atoms with Gasteiger partial charge in [0.1, 0.15) is 0 Å². The van der Waals surface area contributed by atoms with Gasteiger partial charge in [-0.3, -0.25) is 9.78 Å². The Labute approximate surface area is 129 Å². The van der Waals surface area contributed by atoms with Crippen molar-refractivity contribution >= 4 is 17.2 Å². The van der Waals surface area contributed by atoms with Gasteiger partial charge in [-0.2, -0.15) is 4.99 Å². The Morgan fingerprint density at radius 3 is 2.67 bits per heavy atom. The maximum absolute atomic E-state index is 12.2. The highest BCUT2D eigenvalue weighted by Gasteiger charge is 2.21. The summed E-state index contributed by atoms with van der Waals surface area (Å²) in [4.78, 5) is 22.5. The summed E-state index contributed by atoms with van der Waals surface area (Å²) in [5, 5.41) is 0. The molecule has 0 aliphatic rings. The van der Waals surface area contributed by atoms with Crippen LogP contribution in [0.25, 0.3) is 0 Å². The number of thiazole rings is 1. The van der Waals surface area contributed by atoms with Crippen LogP contribution in [-0.4, -0.2) is 15.5 Å². The molecule has 0 bridgehead atoms. The fraction of sp³-hybridized carbons (Fsp3) is 0.438. The van der Waals surface area contributed by atoms with Crippen molar-refractivity contribution in [1.82, 2.24) is 9.55 Å². The van der Waals surface area contributed by atoms with E-state index < -0.39 is 0 Å². The zero-order valence-electron chi connectivity index (χ0n) is 13.2. The number of hydrogen-bond donors (Lipinski definition) is 0. The summed E-state index contributed by atoms with van der Waals surface area (Å²) >= 11 is 1.60. The lowest BCUT2D eigenvalue weighted by Gasteiger charge is -2.17. The maximum Gasteiger partial charge on any atom is 0.281 e. The predicted octanol–water partition coefficient (Wildman–Crippen LogP) is 3.31. The normalized spacial score (nSPS) is 12.7. The number of carbonyl (C=O) groups excluding carboxylic acids is 1. The molecule has 0 N–H and O–H groups in total. The minimum absolute atomic E-state index is 0.0524. The molecule has 5 heteroatoms. The van der Waals surface area contributed by atoms with Gasteiger partial charge in [-0.15, -0.1) is 11.3 Å². The Morgan fingerprint density at radius 2 is 2.14 bits per heavy atom. The molecule has 0 saturated heterocycles. The van der Waals surface area contributed by atoms with Crippen molar-refractivity contribution in [1.29, 1.82) is 0 Å². The fourth-order valence-corrected chi connectivity index (χ4v) is 3.53. The molecule has 0 aliphatic heterocycles. The van der Waals surface area contributed by atoms with Gasteiger partial charge in [0, 0.05) is 29.5 Å².